The third-order valence-corrected chi connectivity index (χ3v) is 4.01. The minimum Gasteiger partial charge on any atom is -0.481 e. The SMILES string of the molecule is CC(O)CCC1(C(=O)O)CCc2ccccc2C1. The van der Waals surface area contributed by atoms with E-state index in [1.165, 1.54) is 5.56 Å². The Balaban J connectivity index is 2.21. The molecule has 0 aliphatic heterocycles. The first-order chi connectivity index (χ1) is 8.53. The number of rotatable bonds is 4. The highest BCUT2D eigenvalue weighted by molar-refractivity contribution is 5.75. The van der Waals surface area contributed by atoms with Gasteiger partial charge in [-0.05, 0) is 50.2 Å². The van der Waals surface area contributed by atoms with Crippen molar-refractivity contribution < 1.29 is 15.0 Å². The predicted octanol–water partition coefficient (Wildman–Crippen LogP) is 2.41. The maximum atomic E-state index is 11.6. The quantitative estimate of drug-likeness (QED) is 0.860. The number of hydrogen-bond donors (Lipinski definition) is 2. The average Bonchev–Trinajstić information content (AvgIpc) is 2.36. The Kier molecular flexibility index (Phi) is 3.71. The van der Waals surface area contributed by atoms with E-state index in [1.54, 1.807) is 6.92 Å². The number of hydrogen-bond acceptors (Lipinski definition) is 2. The molecule has 1 aromatic carbocycles. The first kappa shape index (κ1) is 13.1. The minimum absolute atomic E-state index is 0.432. The van der Waals surface area contributed by atoms with Crippen LogP contribution < -0.4 is 0 Å². The summed E-state index contributed by atoms with van der Waals surface area (Å²) in [5.74, 6) is -0.724. The molecule has 0 saturated heterocycles. The van der Waals surface area contributed by atoms with Gasteiger partial charge in [0.15, 0.2) is 0 Å². The van der Waals surface area contributed by atoms with E-state index in [-0.39, 0.29) is 0 Å². The molecule has 0 fully saturated rings. The summed E-state index contributed by atoms with van der Waals surface area (Å²) in [7, 11) is 0. The number of aryl methyl sites for hydroxylation is 1. The zero-order valence-electron chi connectivity index (χ0n) is 10.7. The van der Waals surface area contributed by atoms with Gasteiger partial charge in [0, 0.05) is 0 Å². The second-order valence-corrected chi connectivity index (χ2v) is 5.42. The number of carboxylic acid groups (broad SMARTS) is 1. The van der Waals surface area contributed by atoms with Crippen LogP contribution in [-0.2, 0) is 17.6 Å². The molecule has 1 aromatic rings. The molecule has 0 bridgehead atoms. The lowest BCUT2D eigenvalue weighted by Crippen LogP contribution is -2.37. The molecule has 2 unspecified atom stereocenters. The molecule has 0 radical (unpaired) electrons. The molecule has 0 heterocycles. The van der Waals surface area contributed by atoms with Crippen molar-refractivity contribution in [3.8, 4) is 0 Å². The van der Waals surface area contributed by atoms with Crippen LogP contribution in [-0.4, -0.2) is 22.3 Å². The smallest absolute Gasteiger partial charge is 0.309 e. The molecular weight excluding hydrogens is 228 g/mol. The van der Waals surface area contributed by atoms with E-state index in [0.29, 0.717) is 25.7 Å². The van der Waals surface area contributed by atoms with E-state index < -0.39 is 17.5 Å². The molecule has 98 valence electrons. The van der Waals surface area contributed by atoms with E-state index >= 15 is 0 Å². The lowest BCUT2D eigenvalue weighted by atomic mass is 9.69. The summed E-state index contributed by atoms with van der Waals surface area (Å²) in [5.41, 5.74) is 1.73. The van der Waals surface area contributed by atoms with Crippen molar-refractivity contribution in [2.75, 3.05) is 0 Å². The average molecular weight is 248 g/mol. The number of carbonyl (C=O) groups is 1. The largest absolute Gasteiger partial charge is 0.481 e. The first-order valence-corrected chi connectivity index (χ1v) is 6.52. The van der Waals surface area contributed by atoms with E-state index in [4.69, 9.17) is 0 Å². The van der Waals surface area contributed by atoms with Crippen molar-refractivity contribution in [1.82, 2.24) is 0 Å². The molecule has 3 nitrogen and oxygen atoms in total. The van der Waals surface area contributed by atoms with Crippen LogP contribution in [0.25, 0.3) is 0 Å². The topological polar surface area (TPSA) is 57.5 Å². The molecule has 0 aromatic heterocycles. The van der Waals surface area contributed by atoms with Crippen molar-refractivity contribution in [1.29, 1.82) is 0 Å². The van der Waals surface area contributed by atoms with E-state index in [2.05, 4.69) is 6.07 Å². The predicted molar refractivity (Wildman–Crippen MR) is 69.5 cm³/mol. The number of benzene rings is 1. The Morgan fingerprint density at radius 2 is 2.06 bits per heavy atom. The first-order valence-electron chi connectivity index (χ1n) is 6.52. The maximum absolute atomic E-state index is 11.6. The van der Waals surface area contributed by atoms with Gasteiger partial charge in [-0.1, -0.05) is 24.3 Å². The lowest BCUT2D eigenvalue weighted by Gasteiger charge is -2.35. The third-order valence-electron chi connectivity index (χ3n) is 4.01. The molecule has 18 heavy (non-hydrogen) atoms. The van der Waals surface area contributed by atoms with Crippen LogP contribution >= 0.6 is 0 Å². The maximum Gasteiger partial charge on any atom is 0.309 e. The van der Waals surface area contributed by atoms with Crippen LogP contribution in [0, 0.1) is 5.41 Å². The Morgan fingerprint density at radius 3 is 2.67 bits per heavy atom. The van der Waals surface area contributed by atoms with Gasteiger partial charge in [0.1, 0.15) is 0 Å². The normalized spacial score (nSPS) is 24.3. The van der Waals surface area contributed by atoms with E-state index in [1.807, 2.05) is 18.2 Å². The van der Waals surface area contributed by atoms with Gasteiger partial charge < -0.3 is 10.2 Å². The van der Waals surface area contributed by atoms with Crippen LogP contribution in [0.4, 0.5) is 0 Å². The number of aliphatic carboxylic acids is 1. The van der Waals surface area contributed by atoms with Crippen LogP contribution in [0.15, 0.2) is 24.3 Å². The fourth-order valence-electron chi connectivity index (χ4n) is 2.79. The molecule has 2 rings (SSSR count). The standard InChI is InChI=1S/C15H20O3/c1-11(16)6-8-15(14(17)18)9-7-12-4-2-3-5-13(12)10-15/h2-5,11,16H,6-10H2,1H3,(H,17,18). The highest BCUT2D eigenvalue weighted by Gasteiger charge is 2.40. The van der Waals surface area contributed by atoms with Crippen molar-refractivity contribution >= 4 is 5.97 Å². The highest BCUT2D eigenvalue weighted by atomic mass is 16.4. The Bertz CT molecular complexity index is 439. The Hall–Kier alpha value is -1.35. The number of carboxylic acids is 1. The van der Waals surface area contributed by atoms with Gasteiger partial charge >= 0.3 is 5.97 Å². The second-order valence-electron chi connectivity index (χ2n) is 5.42. The number of aliphatic hydroxyl groups is 1. The zero-order valence-corrected chi connectivity index (χ0v) is 10.7. The van der Waals surface area contributed by atoms with Crippen LogP contribution in [0.1, 0.15) is 37.3 Å². The molecule has 0 amide bonds. The van der Waals surface area contributed by atoms with Gasteiger partial charge in [0.25, 0.3) is 0 Å². The van der Waals surface area contributed by atoms with Crippen LogP contribution in [0.2, 0.25) is 0 Å². The highest BCUT2D eigenvalue weighted by Crippen LogP contribution is 2.39. The summed E-state index contributed by atoms with van der Waals surface area (Å²) in [6, 6.07) is 8.07. The van der Waals surface area contributed by atoms with Crippen molar-refractivity contribution in [2.24, 2.45) is 5.41 Å². The summed E-state index contributed by atoms with van der Waals surface area (Å²) >= 11 is 0. The Morgan fingerprint density at radius 1 is 1.39 bits per heavy atom. The number of fused-ring (bicyclic) bond motifs is 1. The van der Waals surface area contributed by atoms with Gasteiger partial charge in [-0.25, -0.2) is 0 Å². The summed E-state index contributed by atoms with van der Waals surface area (Å²) in [6.45, 7) is 1.71. The molecule has 2 atom stereocenters. The summed E-state index contributed by atoms with van der Waals surface area (Å²) in [4.78, 5) is 11.6. The molecule has 0 spiro atoms. The van der Waals surface area contributed by atoms with Gasteiger partial charge in [-0.15, -0.1) is 0 Å². The van der Waals surface area contributed by atoms with Crippen LogP contribution in [0.5, 0.6) is 0 Å². The molecule has 3 heteroatoms. The van der Waals surface area contributed by atoms with Gasteiger partial charge in [0.05, 0.1) is 11.5 Å². The second kappa shape index (κ2) is 5.11. The van der Waals surface area contributed by atoms with E-state index in [0.717, 1.165) is 12.0 Å². The van der Waals surface area contributed by atoms with Crippen molar-refractivity contribution in [2.45, 2.75) is 45.1 Å². The molecular formula is C15H20O3. The zero-order chi connectivity index (χ0) is 13.2. The van der Waals surface area contributed by atoms with Crippen molar-refractivity contribution in [3.05, 3.63) is 35.4 Å². The monoisotopic (exact) mass is 248 g/mol. The summed E-state index contributed by atoms with van der Waals surface area (Å²) in [6.07, 6.45) is 2.75. The molecule has 0 saturated carbocycles. The van der Waals surface area contributed by atoms with Crippen molar-refractivity contribution in [3.63, 3.8) is 0 Å². The van der Waals surface area contributed by atoms with Crippen LogP contribution in [0.3, 0.4) is 0 Å². The molecule has 1 aliphatic rings. The lowest BCUT2D eigenvalue weighted by molar-refractivity contribution is -0.150. The van der Waals surface area contributed by atoms with Gasteiger partial charge in [-0.3, -0.25) is 4.79 Å². The fourth-order valence-corrected chi connectivity index (χ4v) is 2.79. The van der Waals surface area contributed by atoms with E-state index in [9.17, 15) is 15.0 Å². The molecule has 1 aliphatic carbocycles. The third kappa shape index (κ3) is 2.56. The fraction of sp³-hybridized carbons (Fsp3) is 0.533. The summed E-state index contributed by atoms with van der Waals surface area (Å²) in [5, 5.41) is 18.9. The summed E-state index contributed by atoms with van der Waals surface area (Å²) < 4.78 is 0. The van der Waals surface area contributed by atoms with Gasteiger partial charge in [-0.2, -0.15) is 0 Å². The number of aliphatic hydroxyl groups excluding tert-OH is 1. The molecule has 2 N–H and O–H groups in total. The minimum atomic E-state index is -0.724. The Labute approximate surface area is 107 Å². The van der Waals surface area contributed by atoms with Gasteiger partial charge in [0.2, 0.25) is 0 Å².